The minimum Gasteiger partial charge on any atom is -0.465 e. The predicted molar refractivity (Wildman–Crippen MR) is 58.1 cm³/mol. The Hall–Kier alpha value is -0.850. The van der Waals surface area contributed by atoms with Crippen LogP contribution in [0.2, 0.25) is 0 Å². The summed E-state index contributed by atoms with van der Waals surface area (Å²) in [6.07, 6.45) is 0.656. The van der Waals surface area contributed by atoms with E-state index in [0.29, 0.717) is 5.82 Å². The Labute approximate surface area is 89.7 Å². The molecule has 0 fully saturated rings. The van der Waals surface area contributed by atoms with Crippen molar-refractivity contribution >= 4 is 34.5 Å². The lowest BCUT2D eigenvalue weighted by atomic mass is 10.3. The minimum absolute atomic E-state index is 0.447. The molecule has 0 spiro atoms. The van der Waals surface area contributed by atoms with Crippen molar-refractivity contribution in [1.82, 2.24) is 4.98 Å². The van der Waals surface area contributed by atoms with Crippen LogP contribution in [0.15, 0.2) is 12.3 Å². The van der Waals surface area contributed by atoms with Crippen LogP contribution in [-0.2, 0) is 0 Å². The fourth-order valence-corrected chi connectivity index (χ4v) is 1.19. The molecule has 0 radical (unpaired) electrons. The van der Waals surface area contributed by atoms with Crippen LogP contribution < -0.4 is 4.90 Å². The highest BCUT2D eigenvalue weighted by molar-refractivity contribution is 14.1. The van der Waals surface area contributed by atoms with Crippen molar-refractivity contribution in [3.8, 4) is 0 Å². The topological polar surface area (TPSA) is 53.4 Å². The van der Waals surface area contributed by atoms with E-state index >= 15 is 0 Å². The lowest BCUT2D eigenvalue weighted by Gasteiger charge is -2.12. The van der Waals surface area contributed by atoms with Crippen LogP contribution in [0.1, 0.15) is 5.56 Å². The number of halogens is 1. The number of amides is 1. The third kappa shape index (κ3) is 2.30. The van der Waals surface area contributed by atoms with Gasteiger partial charge in [0.05, 0.1) is 0 Å². The average Bonchev–Trinajstić information content (AvgIpc) is 2.08. The molecule has 0 aromatic carbocycles. The summed E-state index contributed by atoms with van der Waals surface area (Å²) in [6.45, 7) is 1.93. The largest absolute Gasteiger partial charge is 0.465 e. The second kappa shape index (κ2) is 3.91. The van der Waals surface area contributed by atoms with E-state index in [9.17, 15) is 4.79 Å². The molecular formula is C8H9IN2O2. The zero-order valence-corrected chi connectivity index (χ0v) is 9.44. The maximum absolute atomic E-state index is 10.6. The molecule has 0 unspecified atom stereocenters. The molecule has 0 aliphatic rings. The van der Waals surface area contributed by atoms with Crippen molar-refractivity contribution in [2.45, 2.75) is 6.92 Å². The maximum atomic E-state index is 10.6. The third-order valence-corrected chi connectivity index (χ3v) is 2.82. The molecule has 0 saturated heterocycles. The Morgan fingerprint density at radius 2 is 2.31 bits per heavy atom. The van der Waals surface area contributed by atoms with Gasteiger partial charge in [-0.1, -0.05) is 0 Å². The maximum Gasteiger partial charge on any atom is 0.412 e. The molecule has 0 aliphatic heterocycles. The number of nitrogens with zero attached hydrogens (tertiary/aromatic N) is 2. The molecule has 0 bridgehead atoms. The van der Waals surface area contributed by atoms with Crippen molar-refractivity contribution in [2.75, 3.05) is 11.9 Å². The fourth-order valence-electron chi connectivity index (χ4n) is 0.770. The predicted octanol–water partition coefficient (Wildman–Crippen LogP) is 2.11. The van der Waals surface area contributed by atoms with Crippen LogP contribution in [0.5, 0.6) is 0 Å². The van der Waals surface area contributed by atoms with Gasteiger partial charge in [0, 0.05) is 16.8 Å². The molecule has 1 aromatic rings. The van der Waals surface area contributed by atoms with Gasteiger partial charge in [-0.2, -0.15) is 0 Å². The summed E-state index contributed by atoms with van der Waals surface area (Å²) in [4.78, 5) is 15.7. The first kappa shape index (κ1) is 10.2. The summed E-state index contributed by atoms with van der Waals surface area (Å²) < 4.78 is 1.01. The van der Waals surface area contributed by atoms with Gasteiger partial charge >= 0.3 is 6.09 Å². The van der Waals surface area contributed by atoms with E-state index in [1.807, 2.05) is 6.92 Å². The first-order valence-corrected chi connectivity index (χ1v) is 4.69. The van der Waals surface area contributed by atoms with Crippen LogP contribution in [0.3, 0.4) is 0 Å². The molecule has 1 rings (SSSR count). The Bertz CT molecular complexity index is 341. The third-order valence-electron chi connectivity index (χ3n) is 1.65. The number of carbonyl (C=O) groups is 1. The molecule has 13 heavy (non-hydrogen) atoms. The molecule has 1 heterocycles. The van der Waals surface area contributed by atoms with Gasteiger partial charge in [-0.15, -0.1) is 0 Å². The Morgan fingerprint density at radius 3 is 2.77 bits per heavy atom. The lowest BCUT2D eigenvalue weighted by molar-refractivity contribution is 0.203. The fraction of sp³-hybridized carbons (Fsp3) is 0.250. The van der Waals surface area contributed by atoms with Crippen LogP contribution in [-0.4, -0.2) is 23.2 Å². The highest BCUT2D eigenvalue weighted by atomic mass is 127. The van der Waals surface area contributed by atoms with Crippen LogP contribution in [0, 0.1) is 10.5 Å². The smallest absolute Gasteiger partial charge is 0.412 e. The van der Waals surface area contributed by atoms with Gasteiger partial charge in [0.2, 0.25) is 0 Å². The van der Waals surface area contributed by atoms with E-state index in [0.717, 1.165) is 14.0 Å². The first-order valence-electron chi connectivity index (χ1n) is 3.61. The second-order valence-corrected chi connectivity index (χ2v) is 3.80. The van der Waals surface area contributed by atoms with Gasteiger partial charge in [-0.3, -0.25) is 4.90 Å². The summed E-state index contributed by atoms with van der Waals surface area (Å²) >= 11 is 2.15. The molecule has 1 aromatic heterocycles. The standard InChI is InChI=1S/C8H9IN2O2/c1-5-4-10-7(3-6(5)9)11(2)8(12)13/h3-4H,1-2H3,(H,12,13). The number of rotatable bonds is 1. The minimum atomic E-state index is -1.01. The Balaban J connectivity index is 3.03. The van der Waals surface area contributed by atoms with Crippen LogP contribution in [0.4, 0.5) is 10.6 Å². The van der Waals surface area contributed by atoms with E-state index in [4.69, 9.17) is 5.11 Å². The summed E-state index contributed by atoms with van der Waals surface area (Å²) in [5, 5.41) is 8.68. The summed E-state index contributed by atoms with van der Waals surface area (Å²) in [5.41, 5.74) is 1.04. The number of pyridine rings is 1. The van der Waals surface area contributed by atoms with E-state index in [-0.39, 0.29) is 0 Å². The molecule has 0 aliphatic carbocycles. The molecule has 5 heteroatoms. The number of hydrogen-bond donors (Lipinski definition) is 1. The highest BCUT2D eigenvalue weighted by Gasteiger charge is 2.10. The molecule has 70 valence electrons. The highest BCUT2D eigenvalue weighted by Crippen LogP contribution is 2.16. The van der Waals surface area contributed by atoms with Gasteiger partial charge in [0.25, 0.3) is 0 Å². The van der Waals surface area contributed by atoms with E-state index < -0.39 is 6.09 Å². The zero-order chi connectivity index (χ0) is 10.0. The first-order chi connectivity index (χ1) is 6.02. The van der Waals surface area contributed by atoms with Gasteiger partial charge in [-0.05, 0) is 41.1 Å². The van der Waals surface area contributed by atoms with E-state index in [1.54, 1.807) is 12.3 Å². The summed E-state index contributed by atoms with van der Waals surface area (Å²) in [6, 6.07) is 1.74. The summed E-state index contributed by atoms with van der Waals surface area (Å²) in [5.74, 6) is 0.447. The number of anilines is 1. The molecule has 1 N–H and O–H groups in total. The van der Waals surface area contributed by atoms with E-state index in [2.05, 4.69) is 27.6 Å². The quantitative estimate of drug-likeness (QED) is 0.807. The molecule has 0 saturated carbocycles. The second-order valence-electron chi connectivity index (χ2n) is 2.63. The van der Waals surface area contributed by atoms with Gasteiger partial charge in [-0.25, -0.2) is 9.78 Å². The van der Waals surface area contributed by atoms with Gasteiger partial charge < -0.3 is 5.11 Å². The van der Waals surface area contributed by atoms with Crippen LogP contribution in [0.25, 0.3) is 0 Å². The number of aryl methyl sites for hydroxylation is 1. The average molecular weight is 292 g/mol. The van der Waals surface area contributed by atoms with Crippen molar-refractivity contribution < 1.29 is 9.90 Å². The van der Waals surface area contributed by atoms with E-state index in [1.165, 1.54) is 7.05 Å². The zero-order valence-electron chi connectivity index (χ0n) is 7.28. The molecule has 0 atom stereocenters. The normalized spacial score (nSPS) is 9.77. The Morgan fingerprint density at radius 1 is 1.69 bits per heavy atom. The summed E-state index contributed by atoms with van der Waals surface area (Å²) in [7, 11) is 1.47. The number of carboxylic acid groups (broad SMARTS) is 1. The molecule has 1 amide bonds. The van der Waals surface area contributed by atoms with Gasteiger partial charge in [0.1, 0.15) is 5.82 Å². The van der Waals surface area contributed by atoms with Gasteiger partial charge in [0.15, 0.2) is 0 Å². The SMILES string of the molecule is Cc1cnc(N(C)C(=O)O)cc1I. The molecular weight excluding hydrogens is 283 g/mol. The van der Waals surface area contributed by atoms with Crippen molar-refractivity contribution in [3.05, 3.63) is 21.4 Å². The van der Waals surface area contributed by atoms with Crippen molar-refractivity contribution in [2.24, 2.45) is 0 Å². The Kier molecular flexibility index (Phi) is 3.07. The monoisotopic (exact) mass is 292 g/mol. The number of hydrogen-bond acceptors (Lipinski definition) is 2. The lowest BCUT2D eigenvalue weighted by Crippen LogP contribution is -2.24. The molecule has 4 nitrogen and oxygen atoms in total. The number of aromatic nitrogens is 1. The van der Waals surface area contributed by atoms with Crippen molar-refractivity contribution in [1.29, 1.82) is 0 Å². The van der Waals surface area contributed by atoms with Crippen LogP contribution >= 0.6 is 22.6 Å². The van der Waals surface area contributed by atoms with Crippen molar-refractivity contribution in [3.63, 3.8) is 0 Å².